The minimum Gasteiger partial charge on any atom is -0.288 e. The first-order chi connectivity index (χ1) is 13.5. The van der Waals surface area contributed by atoms with Crippen LogP contribution in [0.1, 0.15) is 37.3 Å². The highest BCUT2D eigenvalue weighted by atomic mass is 32.2. The Bertz CT molecular complexity index is 1080. The lowest BCUT2D eigenvalue weighted by Crippen LogP contribution is -2.31. The molecule has 0 N–H and O–H groups in total. The molecule has 1 aromatic carbocycles. The van der Waals surface area contributed by atoms with Gasteiger partial charge in [0, 0.05) is 25.4 Å². The van der Waals surface area contributed by atoms with Crippen molar-refractivity contribution in [3.05, 3.63) is 72.2 Å². The van der Waals surface area contributed by atoms with E-state index in [0.717, 1.165) is 24.5 Å². The third-order valence-corrected chi connectivity index (χ3v) is 6.92. The Morgan fingerprint density at radius 1 is 1.18 bits per heavy atom. The molecule has 8 heteroatoms. The zero-order valence-electron chi connectivity index (χ0n) is 15.5. The number of benzene rings is 1. The number of imidazole rings is 1. The van der Waals surface area contributed by atoms with Crippen molar-refractivity contribution in [3.8, 4) is 5.82 Å². The standard InChI is InChI=1S/C20H21FN4O2S/c1-2-19-22-12-14-24(19)20-7-3-5-17(23-20)18-6-4-13-25(18)28(26,27)16-10-8-15(21)9-11-16/h3,5,7-12,14,18H,2,4,6,13H2,1H3. The molecule has 28 heavy (non-hydrogen) atoms. The molecule has 1 unspecified atom stereocenters. The molecule has 0 aliphatic carbocycles. The van der Waals surface area contributed by atoms with Crippen LogP contribution in [0.2, 0.25) is 0 Å². The second kappa shape index (κ2) is 7.44. The van der Waals surface area contributed by atoms with E-state index < -0.39 is 15.8 Å². The van der Waals surface area contributed by atoms with Gasteiger partial charge in [-0.05, 0) is 49.2 Å². The molecule has 4 rings (SSSR count). The lowest BCUT2D eigenvalue weighted by molar-refractivity contribution is 0.390. The molecule has 0 saturated carbocycles. The molecule has 1 fully saturated rings. The normalized spacial score (nSPS) is 17.9. The molecule has 0 radical (unpaired) electrons. The predicted molar refractivity (Wildman–Crippen MR) is 103 cm³/mol. The molecule has 0 spiro atoms. The third-order valence-electron chi connectivity index (χ3n) is 5.00. The average molecular weight is 400 g/mol. The first-order valence-electron chi connectivity index (χ1n) is 9.27. The monoisotopic (exact) mass is 400 g/mol. The second-order valence-corrected chi connectivity index (χ2v) is 8.61. The average Bonchev–Trinajstić information content (AvgIpc) is 3.38. The van der Waals surface area contributed by atoms with Crippen LogP contribution in [0.4, 0.5) is 4.39 Å². The van der Waals surface area contributed by atoms with E-state index in [4.69, 9.17) is 4.98 Å². The lowest BCUT2D eigenvalue weighted by Gasteiger charge is -2.24. The number of aromatic nitrogens is 3. The van der Waals surface area contributed by atoms with Crippen molar-refractivity contribution >= 4 is 10.0 Å². The number of hydrogen-bond acceptors (Lipinski definition) is 4. The molecular weight excluding hydrogens is 379 g/mol. The lowest BCUT2D eigenvalue weighted by atomic mass is 10.1. The largest absolute Gasteiger partial charge is 0.288 e. The zero-order valence-corrected chi connectivity index (χ0v) is 16.3. The second-order valence-electron chi connectivity index (χ2n) is 6.72. The summed E-state index contributed by atoms with van der Waals surface area (Å²) in [4.78, 5) is 9.16. The summed E-state index contributed by atoms with van der Waals surface area (Å²) in [6, 6.07) is 10.2. The number of hydrogen-bond donors (Lipinski definition) is 0. The SMILES string of the molecule is CCc1nccn1-c1cccc(C2CCCN2S(=O)(=O)c2ccc(F)cc2)n1. The molecule has 6 nitrogen and oxygen atoms in total. The van der Waals surface area contributed by atoms with Gasteiger partial charge < -0.3 is 0 Å². The van der Waals surface area contributed by atoms with Gasteiger partial charge in [0.05, 0.1) is 16.6 Å². The molecule has 1 saturated heterocycles. The Morgan fingerprint density at radius 2 is 1.96 bits per heavy atom. The van der Waals surface area contributed by atoms with Gasteiger partial charge in [0.1, 0.15) is 17.5 Å². The van der Waals surface area contributed by atoms with Crippen LogP contribution < -0.4 is 0 Å². The van der Waals surface area contributed by atoms with Crippen molar-refractivity contribution in [1.29, 1.82) is 0 Å². The van der Waals surface area contributed by atoms with Crippen molar-refractivity contribution < 1.29 is 12.8 Å². The maximum Gasteiger partial charge on any atom is 0.243 e. The summed E-state index contributed by atoms with van der Waals surface area (Å²) in [5, 5.41) is 0. The Hall–Kier alpha value is -2.58. The van der Waals surface area contributed by atoms with Crippen molar-refractivity contribution in [2.24, 2.45) is 0 Å². The summed E-state index contributed by atoms with van der Waals surface area (Å²) in [6.07, 6.45) is 5.80. The molecular formula is C20H21FN4O2S. The van der Waals surface area contributed by atoms with E-state index in [1.54, 1.807) is 6.20 Å². The molecule has 0 bridgehead atoms. The van der Waals surface area contributed by atoms with Crippen molar-refractivity contribution in [3.63, 3.8) is 0 Å². The van der Waals surface area contributed by atoms with Gasteiger partial charge in [-0.1, -0.05) is 13.0 Å². The van der Waals surface area contributed by atoms with Crippen LogP contribution in [0.3, 0.4) is 0 Å². The third kappa shape index (κ3) is 3.33. The molecule has 3 aromatic rings. The molecule has 0 amide bonds. The summed E-state index contributed by atoms with van der Waals surface area (Å²) in [5.74, 6) is 1.16. The Balaban J connectivity index is 1.69. The molecule has 1 atom stereocenters. The fourth-order valence-corrected chi connectivity index (χ4v) is 5.30. The first kappa shape index (κ1) is 18.8. The summed E-state index contributed by atoms with van der Waals surface area (Å²) in [7, 11) is -3.72. The van der Waals surface area contributed by atoms with Gasteiger partial charge in [-0.15, -0.1) is 0 Å². The first-order valence-corrected chi connectivity index (χ1v) is 10.7. The van der Waals surface area contributed by atoms with Gasteiger partial charge in [-0.2, -0.15) is 4.31 Å². The van der Waals surface area contributed by atoms with Crippen molar-refractivity contribution in [2.45, 2.75) is 37.1 Å². The highest BCUT2D eigenvalue weighted by Gasteiger charge is 2.37. The number of nitrogens with zero attached hydrogens (tertiary/aromatic N) is 4. The van der Waals surface area contributed by atoms with Crippen LogP contribution in [0.5, 0.6) is 0 Å². The Morgan fingerprint density at radius 3 is 2.71 bits per heavy atom. The molecule has 3 heterocycles. The van der Waals surface area contributed by atoms with Crippen LogP contribution in [-0.4, -0.2) is 33.8 Å². The maximum atomic E-state index is 13.2. The van der Waals surface area contributed by atoms with E-state index in [-0.39, 0.29) is 10.9 Å². The summed E-state index contributed by atoms with van der Waals surface area (Å²) < 4.78 is 42.8. The van der Waals surface area contributed by atoms with Crippen LogP contribution in [0.15, 0.2) is 59.8 Å². The van der Waals surface area contributed by atoms with Crippen LogP contribution >= 0.6 is 0 Å². The summed E-state index contributed by atoms with van der Waals surface area (Å²) >= 11 is 0. The number of aryl methyl sites for hydroxylation is 1. The van der Waals surface area contributed by atoms with Gasteiger partial charge in [0.2, 0.25) is 10.0 Å². The van der Waals surface area contributed by atoms with Gasteiger partial charge in [-0.25, -0.2) is 22.8 Å². The quantitative estimate of drug-likeness (QED) is 0.657. The van der Waals surface area contributed by atoms with E-state index in [1.165, 1.54) is 28.6 Å². The molecule has 1 aliphatic rings. The fraction of sp³-hybridized carbons (Fsp3) is 0.300. The highest BCUT2D eigenvalue weighted by molar-refractivity contribution is 7.89. The van der Waals surface area contributed by atoms with E-state index in [0.29, 0.717) is 18.7 Å². The minimum absolute atomic E-state index is 0.0971. The number of rotatable bonds is 5. The van der Waals surface area contributed by atoms with E-state index in [1.807, 2.05) is 35.9 Å². The minimum atomic E-state index is -3.72. The smallest absolute Gasteiger partial charge is 0.243 e. The van der Waals surface area contributed by atoms with Crippen LogP contribution in [0.25, 0.3) is 5.82 Å². The molecule has 1 aliphatic heterocycles. The number of pyridine rings is 1. The maximum absolute atomic E-state index is 13.2. The van der Waals surface area contributed by atoms with Gasteiger partial charge >= 0.3 is 0 Å². The zero-order chi connectivity index (χ0) is 19.7. The Kier molecular flexibility index (Phi) is 4.99. The van der Waals surface area contributed by atoms with Gasteiger partial charge in [0.25, 0.3) is 0 Å². The highest BCUT2D eigenvalue weighted by Crippen LogP contribution is 2.36. The van der Waals surface area contributed by atoms with E-state index in [9.17, 15) is 12.8 Å². The number of sulfonamides is 1. The molecule has 2 aromatic heterocycles. The van der Waals surface area contributed by atoms with Crippen LogP contribution in [0, 0.1) is 5.82 Å². The fourth-order valence-electron chi connectivity index (χ4n) is 3.63. The molecule has 146 valence electrons. The van der Waals surface area contributed by atoms with Crippen LogP contribution in [-0.2, 0) is 16.4 Å². The number of halogens is 1. The van der Waals surface area contributed by atoms with Crippen molar-refractivity contribution in [2.75, 3.05) is 6.54 Å². The van der Waals surface area contributed by atoms with Crippen molar-refractivity contribution in [1.82, 2.24) is 18.8 Å². The van der Waals surface area contributed by atoms with Gasteiger partial charge in [0.15, 0.2) is 0 Å². The van der Waals surface area contributed by atoms with E-state index >= 15 is 0 Å². The summed E-state index contributed by atoms with van der Waals surface area (Å²) in [6.45, 7) is 2.44. The van der Waals surface area contributed by atoms with Gasteiger partial charge in [-0.3, -0.25) is 4.57 Å². The van der Waals surface area contributed by atoms with E-state index in [2.05, 4.69) is 4.98 Å². The summed E-state index contributed by atoms with van der Waals surface area (Å²) in [5.41, 5.74) is 0.705. The topological polar surface area (TPSA) is 68.1 Å². The Labute approximate surface area is 163 Å². The predicted octanol–water partition coefficient (Wildman–Crippen LogP) is 3.49.